The Labute approximate surface area is 194 Å². The zero-order chi connectivity index (χ0) is 23.2. The Morgan fingerprint density at radius 1 is 0.839 bits per heavy atom. The summed E-state index contributed by atoms with van der Waals surface area (Å²) in [6, 6.07) is 0. The molecule has 1 aliphatic rings. The van der Waals surface area contributed by atoms with Gasteiger partial charge in [-0.15, -0.1) is 0 Å². The summed E-state index contributed by atoms with van der Waals surface area (Å²) < 4.78 is 6.35. The van der Waals surface area contributed by atoms with Gasteiger partial charge in [0, 0.05) is 5.41 Å². The van der Waals surface area contributed by atoms with E-state index in [9.17, 15) is 0 Å². The Morgan fingerprint density at radius 3 is 2.10 bits per heavy atom. The molecule has 176 valence electrons. The number of fused-ring (bicyclic) bond motifs is 1. The fraction of sp³-hybridized carbons (Fsp3) is 0.733. The zero-order valence-corrected chi connectivity index (χ0v) is 22.2. The molecule has 2 rings (SSSR count). The van der Waals surface area contributed by atoms with Crippen LogP contribution >= 0.6 is 0 Å². The number of allylic oxidation sites excluding steroid dienone is 2. The number of hydrogen-bond acceptors (Lipinski definition) is 1. The Kier molecular flexibility index (Phi) is 9.71. The van der Waals surface area contributed by atoms with Gasteiger partial charge in [-0.25, -0.2) is 0 Å². The standard InChI is InChI=1S/C30H50O/c1-21(2)13-10-14-22(3)15-11-16-23(4)17-12-18-30(9)19-28-26(7)24(5)25(6)27(8)29(28)31-20-30/h12,17,21-23H,10-11,13-16,18-20H2,1-9H3/b17-12+. The molecule has 3 atom stereocenters. The van der Waals surface area contributed by atoms with Crippen LogP contribution in [-0.4, -0.2) is 6.61 Å². The molecule has 0 spiro atoms. The molecule has 0 radical (unpaired) electrons. The third kappa shape index (κ3) is 7.40. The molecular weight excluding hydrogens is 376 g/mol. The smallest absolute Gasteiger partial charge is 0.125 e. The molecule has 0 aliphatic carbocycles. The summed E-state index contributed by atoms with van der Waals surface area (Å²) in [5.74, 6) is 3.57. The van der Waals surface area contributed by atoms with Crippen molar-refractivity contribution in [2.45, 2.75) is 114 Å². The summed E-state index contributed by atoms with van der Waals surface area (Å²) in [6.07, 6.45) is 15.4. The lowest BCUT2D eigenvalue weighted by Gasteiger charge is -2.37. The van der Waals surface area contributed by atoms with E-state index >= 15 is 0 Å². The molecule has 1 heterocycles. The Bertz CT molecular complexity index is 742. The second-order valence-electron chi connectivity index (χ2n) is 11.6. The lowest BCUT2D eigenvalue weighted by Crippen LogP contribution is -2.32. The van der Waals surface area contributed by atoms with Crippen molar-refractivity contribution in [2.75, 3.05) is 6.61 Å². The highest BCUT2D eigenvalue weighted by molar-refractivity contribution is 5.55. The van der Waals surface area contributed by atoms with Gasteiger partial charge in [-0.05, 0) is 92.5 Å². The van der Waals surface area contributed by atoms with Gasteiger partial charge in [-0.3, -0.25) is 0 Å². The van der Waals surface area contributed by atoms with Crippen molar-refractivity contribution in [3.8, 4) is 5.75 Å². The van der Waals surface area contributed by atoms with Crippen LogP contribution in [0, 0.1) is 50.9 Å². The van der Waals surface area contributed by atoms with Gasteiger partial charge in [-0.1, -0.05) is 78.9 Å². The lowest BCUT2D eigenvalue weighted by molar-refractivity contribution is 0.138. The van der Waals surface area contributed by atoms with E-state index in [-0.39, 0.29) is 5.41 Å². The molecule has 0 bridgehead atoms. The summed E-state index contributed by atoms with van der Waals surface area (Å²) in [4.78, 5) is 0. The van der Waals surface area contributed by atoms with Crippen molar-refractivity contribution in [1.29, 1.82) is 0 Å². The summed E-state index contributed by atoms with van der Waals surface area (Å²) in [6.45, 7) is 21.7. The highest BCUT2D eigenvalue weighted by Crippen LogP contribution is 2.42. The SMILES string of the molecule is Cc1c(C)c(C)c2c(c1C)CC(C)(C/C=C/C(C)CCCC(C)CCCC(C)C)CO2. The van der Waals surface area contributed by atoms with E-state index < -0.39 is 0 Å². The molecule has 1 aromatic carbocycles. The predicted molar refractivity (Wildman–Crippen MR) is 137 cm³/mol. The third-order valence-corrected chi connectivity index (χ3v) is 7.83. The second kappa shape index (κ2) is 11.6. The van der Waals surface area contributed by atoms with Crippen molar-refractivity contribution >= 4 is 0 Å². The second-order valence-corrected chi connectivity index (χ2v) is 11.6. The molecule has 0 amide bonds. The largest absolute Gasteiger partial charge is 0.492 e. The van der Waals surface area contributed by atoms with E-state index in [0.29, 0.717) is 5.92 Å². The average Bonchev–Trinajstić information content (AvgIpc) is 2.70. The quantitative estimate of drug-likeness (QED) is 0.321. The Morgan fingerprint density at radius 2 is 1.45 bits per heavy atom. The fourth-order valence-corrected chi connectivity index (χ4v) is 5.11. The summed E-state index contributed by atoms with van der Waals surface area (Å²) in [5, 5.41) is 0. The van der Waals surface area contributed by atoms with Crippen molar-refractivity contribution < 1.29 is 4.74 Å². The van der Waals surface area contributed by atoms with Gasteiger partial charge >= 0.3 is 0 Å². The van der Waals surface area contributed by atoms with Crippen LogP contribution in [0.2, 0.25) is 0 Å². The molecule has 3 unspecified atom stereocenters. The number of ether oxygens (including phenoxy) is 1. The van der Waals surface area contributed by atoms with Crippen LogP contribution in [0.25, 0.3) is 0 Å². The van der Waals surface area contributed by atoms with Crippen molar-refractivity contribution in [3.05, 3.63) is 40.0 Å². The van der Waals surface area contributed by atoms with Gasteiger partial charge in [0.15, 0.2) is 0 Å². The zero-order valence-electron chi connectivity index (χ0n) is 22.2. The molecule has 1 aromatic rings. The van der Waals surface area contributed by atoms with Crippen molar-refractivity contribution in [2.24, 2.45) is 23.2 Å². The highest BCUT2D eigenvalue weighted by Gasteiger charge is 2.33. The first-order valence-corrected chi connectivity index (χ1v) is 12.9. The fourth-order valence-electron chi connectivity index (χ4n) is 5.11. The summed E-state index contributed by atoms with van der Waals surface area (Å²) >= 11 is 0. The molecule has 0 N–H and O–H groups in total. The van der Waals surface area contributed by atoms with Gasteiger partial charge in [0.05, 0.1) is 6.61 Å². The van der Waals surface area contributed by atoms with Gasteiger partial charge < -0.3 is 4.74 Å². The maximum Gasteiger partial charge on any atom is 0.125 e. The van der Waals surface area contributed by atoms with E-state index in [1.54, 1.807) is 0 Å². The molecular formula is C30H50O. The first-order chi connectivity index (χ1) is 14.5. The lowest BCUT2D eigenvalue weighted by atomic mass is 9.76. The Balaban J connectivity index is 1.81. The predicted octanol–water partition coefficient (Wildman–Crippen LogP) is 9.08. The first-order valence-electron chi connectivity index (χ1n) is 12.9. The van der Waals surface area contributed by atoms with Crippen molar-refractivity contribution in [3.63, 3.8) is 0 Å². The van der Waals surface area contributed by atoms with Crippen LogP contribution in [0.3, 0.4) is 0 Å². The molecule has 0 fully saturated rings. The van der Waals surface area contributed by atoms with E-state index in [2.05, 4.69) is 74.5 Å². The minimum atomic E-state index is 0.201. The summed E-state index contributed by atoms with van der Waals surface area (Å²) in [7, 11) is 0. The maximum atomic E-state index is 6.35. The van der Waals surface area contributed by atoms with Gasteiger partial charge in [0.1, 0.15) is 5.75 Å². The topological polar surface area (TPSA) is 9.23 Å². The maximum absolute atomic E-state index is 6.35. The van der Waals surface area contributed by atoms with Gasteiger partial charge in [-0.2, -0.15) is 0 Å². The van der Waals surface area contributed by atoms with Gasteiger partial charge in [0.25, 0.3) is 0 Å². The van der Waals surface area contributed by atoms with Crippen LogP contribution < -0.4 is 4.74 Å². The molecule has 0 saturated carbocycles. The third-order valence-electron chi connectivity index (χ3n) is 7.83. The molecule has 1 heteroatoms. The number of rotatable bonds is 11. The van der Waals surface area contributed by atoms with E-state index in [1.165, 1.54) is 66.3 Å². The molecule has 0 saturated heterocycles. The highest BCUT2D eigenvalue weighted by atomic mass is 16.5. The molecule has 31 heavy (non-hydrogen) atoms. The molecule has 1 nitrogen and oxygen atoms in total. The van der Waals surface area contributed by atoms with Crippen LogP contribution in [-0.2, 0) is 6.42 Å². The average molecular weight is 427 g/mol. The van der Waals surface area contributed by atoms with E-state index in [4.69, 9.17) is 4.74 Å². The van der Waals surface area contributed by atoms with E-state index in [1.807, 2.05) is 0 Å². The van der Waals surface area contributed by atoms with Crippen LogP contribution in [0.15, 0.2) is 12.2 Å². The van der Waals surface area contributed by atoms with Crippen LogP contribution in [0.4, 0.5) is 0 Å². The van der Waals surface area contributed by atoms with Crippen LogP contribution in [0.5, 0.6) is 5.75 Å². The van der Waals surface area contributed by atoms with Crippen molar-refractivity contribution in [1.82, 2.24) is 0 Å². The summed E-state index contributed by atoms with van der Waals surface area (Å²) in [5.41, 5.74) is 7.25. The number of benzene rings is 1. The monoisotopic (exact) mass is 426 g/mol. The van der Waals surface area contributed by atoms with E-state index in [0.717, 1.165) is 37.0 Å². The molecule has 1 aliphatic heterocycles. The first kappa shape index (κ1) is 26.0. The molecule has 0 aromatic heterocycles. The Hall–Kier alpha value is -1.24. The minimum absolute atomic E-state index is 0.201. The normalized spacial score (nSPS) is 20.7. The van der Waals surface area contributed by atoms with Crippen LogP contribution in [0.1, 0.15) is 107 Å². The minimum Gasteiger partial charge on any atom is -0.492 e. The van der Waals surface area contributed by atoms with Gasteiger partial charge in [0.2, 0.25) is 0 Å². The number of hydrogen-bond donors (Lipinski definition) is 0.